The van der Waals surface area contributed by atoms with Crippen molar-refractivity contribution in [1.29, 1.82) is 0 Å². The van der Waals surface area contributed by atoms with Crippen LogP contribution in [0.1, 0.15) is 0 Å². The number of isothiocyanates is 1. The van der Waals surface area contributed by atoms with Crippen LogP contribution in [0.4, 0.5) is 0 Å². The van der Waals surface area contributed by atoms with Gasteiger partial charge in [-0.1, -0.05) is 0 Å². The highest BCUT2D eigenvalue weighted by molar-refractivity contribution is 7.78. The van der Waals surface area contributed by atoms with Gasteiger partial charge in [-0.15, -0.1) is 0 Å². The molecule has 0 aliphatic rings. The minimum absolute atomic E-state index is 1.62. The summed E-state index contributed by atoms with van der Waals surface area (Å²) in [5, 5.41) is 4.16. The Hall–Kier alpha value is -0.250. The summed E-state index contributed by atoms with van der Waals surface area (Å²) < 4.78 is 13.1. The van der Waals surface area contributed by atoms with Crippen molar-refractivity contribution < 1.29 is 19.0 Å². The van der Waals surface area contributed by atoms with Crippen molar-refractivity contribution in [2.45, 2.75) is 0 Å². The molecule has 0 unspecified atom stereocenters. The molecule has 0 radical (unpaired) electrons. The van der Waals surface area contributed by atoms with E-state index in [9.17, 15) is 4.57 Å². The lowest BCUT2D eigenvalue weighted by molar-refractivity contribution is 0.206. The zero-order valence-corrected chi connectivity index (χ0v) is 5.22. The van der Waals surface area contributed by atoms with Gasteiger partial charge in [0.05, 0.1) is 0 Å². The molecule has 0 fully saturated rings. The number of nitrogens with zero attached hydrogens (tertiary/aromatic N) is 1. The summed E-state index contributed by atoms with van der Waals surface area (Å²) in [6.07, 6.45) is 0. The molecule has 0 saturated carbocycles. The van der Waals surface area contributed by atoms with Gasteiger partial charge in [-0.25, -0.2) is 4.57 Å². The maximum absolute atomic E-state index is 9.68. The summed E-state index contributed by atoms with van der Waals surface area (Å²) >= 11 is 3.94. The molecule has 0 atom stereocenters. The van der Waals surface area contributed by atoms with Crippen molar-refractivity contribution in [1.82, 2.24) is 0 Å². The molecule has 0 aromatic heterocycles. The van der Waals surface area contributed by atoms with E-state index in [1.54, 1.807) is 5.16 Å². The fourth-order valence-corrected chi connectivity index (χ4v) is 0.310. The van der Waals surface area contributed by atoms with Gasteiger partial charge in [0.1, 0.15) is 5.16 Å². The van der Waals surface area contributed by atoms with Crippen LogP contribution in [0.15, 0.2) is 5.16 Å². The zero-order valence-electron chi connectivity index (χ0n) is 3.51. The van der Waals surface area contributed by atoms with Crippen molar-refractivity contribution in [3.63, 3.8) is 0 Å². The minimum atomic E-state index is -4.48. The van der Waals surface area contributed by atoms with Crippen LogP contribution in [-0.4, -0.2) is 14.9 Å². The number of thiocarbonyl (C=S) groups is 1. The smallest absolute Gasteiger partial charge is 0.292 e. The van der Waals surface area contributed by atoms with Crippen LogP contribution in [0.3, 0.4) is 0 Å². The van der Waals surface area contributed by atoms with Gasteiger partial charge in [0.15, 0.2) is 0 Å². The van der Waals surface area contributed by atoms with Gasteiger partial charge >= 0.3 is 7.82 Å². The molecular formula is CH2NO4PS. The Bertz CT molecular complexity index is 155. The molecular weight excluding hydrogens is 153 g/mol. The van der Waals surface area contributed by atoms with E-state index in [0.717, 1.165) is 0 Å². The Morgan fingerprint density at radius 2 is 2.25 bits per heavy atom. The fraction of sp³-hybridized carbons (Fsp3) is 0. The van der Waals surface area contributed by atoms with Gasteiger partial charge in [0.2, 0.25) is 0 Å². The SMILES string of the molecule is O=P(O)(O)ON=C=S. The van der Waals surface area contributed by atoms with Crippen molar-refractivity contribution in [2.75, 3.05) is 0 Å². The van der Waals surface area contributed by atoms with E-state index in [1.165, 1.54) is 0 Å². The maximum atomic E-state index is 9.68. The summed E-state index contributed by atoms with van der Waals surface area (Å²) in [5.74, 6) is 0. The summed E-state index contributed by atoms with van der Waals surface area (Å²) in [4.78, 5) is 15.7. The Labute approximate surface area is 50.2 Å². The normalized spacial score (nSPS) is 9.75. The summed E-state index contributed by atoms with van der Waals surface area (Å²) in [5.41, 5.74) is 0. The quantitative estimate of drug-likeness (QED) is 0.256. The molecule has 0 bridgehead atoms. The molecule has 2 N–H and O–H groups in total. The van der Waals surface area contributed by atoms with E-state index in [1.807, 2.05) is 0 Å². The van der Waals surface area contributed by atoms with Gasteiger partial charge in [-0.3, -0.25) is 14.4 Å². The highest BCUT2D eigenvalue weighted by Gasteiger charge is 2.13. The van der Waals surface area contributed by atoms with Gasteiger partial charge in [-0.2, -0.15) is 0 Å². The Morgan fingerprint density at radius 3 is 2.38 bits per heavy atom. The van der Waals surface area contributed by atoms with Crippen molar-refractivity contribution in [3.8, 4) is 0 Å². The first-order valence-electron chi connectivity index (χ1n) is 1.38. The van der Waals surface area contributed by atoms with Gasteiger partial charge in [0.25, 0.3) is 0 Å². The summed E-state index contributed by atoms with van der Waals surface area (Å²) in [6.45, 7) is 0. The number of rotatable bonds is 2. The average molecular weight is 155 g/mol. The third-order valence-corrected chi connectivity index (χ3v) is 0.553. The van der Waals surface area contributed by atoms with E-state index >= 15 is 0 Å². The second-order valence-corrected chi connectivity index (χ2v) is 2.08. The molecule has 0 aliphatic heterocycles. The molecule has 8 heavy (non-hydrogen) atoms. The third kappa shape index (κ3) is 5.75. The zero-order chi connectivity index (χ0) is 6.62. The number of phosphoric acid groups is 1. The minimum Gasteiger partial charge on any atom is -0.292 e. The van der Waals surface area contributed by atoms with Crippen LogP contribution in [-0.2, 0) is 9.19 Å². The lowest BCUT2D eigenvalue weighted by Gasteiger charge is -1.93. The van der Waals surface area contributed by atoms with Crippen molar-refractivity contribution >= 4 is 25.2 Å². The second kappa shape index (κ2) is 2.91. The first-order valence-corrected chi connectivity index (χ1v) is 3.31. The molecule has 5 nitrogen and oxygen atoms in total. The predicted octanol–water partition coefficient (Wildman–Crippen LogP) is 0.114. The van der Waals surface area contributed by atoms with Crippen LogP contribution in [0.25, 0.3) is 0 Å². The van der Waals surface area contributed by atoms with Crippen LogP contribution < -0.4 is 0 Å². The Balaban J connectivity index is 3.74. The predicted molar refractivity (Wildman–Crippen MR) is 28.2 cm³/mol. The second-order valence-electron chi connectivity index (χ2n) is 0.755. The van der Waals surface area contributed by atoms with Gasteiger partial charge < -0.3 is 0 Å². The third-order valence-electron chi connectivity index (χ3n) is 0.184. The Kier molecular flexibility index (Phi) is 2.82. The lowest BCUT2D eigenvalue weighted by Crippen LogP contribution is -1.76. The van der Waals surface area contributed by atoms with Gasteiger partial charge in [0, 0.05) is 0 Å². The van der Waals surface area contributed by atoms with Crippen LogP contribution in [0.2, 0.25) is 0 Å². The topological polar surface area (TPSA) is 79.1 Å². The first-order chi connectivity index (χ1) is 3.56. The summed E-state index contributed by atoms with van der Waals surface area (Å²) in [7, 11) is -4.48. The molecule has 0 aliphatic carbocycles. The molecule has 0 rings (SSSR count). The van der Waals surface area contributed by atoms with E-state index in [4.69, 9.17) is 9.79 Å². The fourth-order valence-electron chi connectivity index (χ4n) is 0.0698. The van der Waals surface area contributed by atoms with E-state index < -0.39 is 7.82 Å². The maximum Gasteiger partial charge on any atom is 0.545 e. The van der Waals surface area contributed by atoms with Crippen molar-refractivity contribution in [2.24, 2.45) is 5.16 Å². The van der Waals surface area contributed by atoms with Crippen LogP contribution in [0, 0.1) is 0 Å². The molecule has 7 heteroatoms. The van der Waals surface area contributed by atoms with E-state index in [-0.39, 0.29) is 0 Å². The number of hydrogen-bond donors (Lipinski definition) is 2. The molecule has 0 amide bonds. The number of hydrogen-bond acceptors (Lipinski definition) is 4. The van der Waals surface area contributed by atoms with Gasteiger partial charge in [-0.05, 0) is 17.4 Å². The van der Waals surface area contributed by atoms with E-state index in [2.05, 4.69) is 22.0 Å². The molecule has 0 saturated heterocycles. The molecule has 0 spiro atoms. The Morgan fingerprint density at radius 1 is 1.75 bits per heavy atom. The standard InChI is InChI=1S/CH2NO4PS/c3-7(4,5)6-2-1-8/h(H2,3,4,5). The van der Waals surface area contributed by atoms with Crippen molar-refractivity contribution in [3.05, 3.63) is 0 Å². The highest BCUT2D eigenvalue weighted by atomic mass is 32.1. The van der Waals surface area contributed by atoms with E-state index in [0.29, 0.717) is 0 Å². The molecule has 0 aromatic carbocycles. The monoisotopic (exact) mass is 155 g/mol. The highest BCUT2D eigenvalue weighted by Crippen LogP contribution is 2.35. The first kappa shape index (κ1) is 7.75. The molecule has 0 aromatic rings. The van der Waals surface area contributed by atoms with Crippen LogP contribution in [0.5, 0.6) is 0 Å². The average Bonchev–Trinajstić information content (AvgIpc) is 1.59. The largest absolute Gasteiger partial charge is 0.545 e. The molecule has 0 heterocycles. The lowest BCUT2D eigenvalue weighted by atomic mass is 11.7. The van der Waals surface area contributed by atoms with Crippen LogP contribution >= 0.6 is 20.0 Å². The molecule has 46 valence electrons. The summed E-state index contributed by atoms with van der Waals surface area (Å²) in [6, 6.07) is 0.